The summed E-state index contributed by atoms with van der Waals surface area (Å²) in [5.41, 5.74) is 2.86. The lowest BCUT2D eigenvalue weighted by Crippen LogP contribution is -1.95. The van der Waals surface area contributed by atoms with Crippen LogP contribution in [0.1, 0.15) is 5.69 Å². The van der Waals surface area contributed by atoms with E-state index < -0.39 is 0 Å². The summed E-state index contributed by atoms with van der Waals surface area (Å²) in [5, 5.41) is 13.4. The van der Waals surface area contributed by atoms with E-state index in [-0.39, 0.29) is 6.79 Å². The van der Waals surface area contributed by atoms with Crippen LogP contribution in [0.25, 0.3) is 22.0 Å². The number of nitrogens with zero attached hydrogens (tertiary/aromatic N) is 4. The van der Waals surface area contributed by atoms with Crippen molar-refractivity contribution in [2.75, 3.05) is 6.79 Å². The molecule has 10 heteroatoms. The Bertz CT molecular complexity index is 1240. The molecule has 1 aliphatic heterocycles. The Morgan fingerprint density at radius 1 is 1.03 bits per heavy atom. The lowest BCUT2D eigenvalue weighted by atomic mass is 10.2. The zero-order chi connectivity index (χ0) is 20.7. The third-order valence-corrected chi connectivity index (χ3v) is 7.27. The van der Waals surface area contributed by atoms with Crippen LogP contribution in [0, 0.1) is 0 Å². The van der Waals surface area contributed by atoms with Gasteiger partial charge in [-0.15, -0.1) is 21.5 Å². The maximum atomic E-state index is 6.13. The molecule has 1 aliphatic rings. The molecular weight excluding hydrogens is 463 g/mol. The van der Waals surface area contributed by atoms with Crippen LogP contribution >= 0.6 is 46.3 Å². The minimum atomic E-state index is 0.264. The summed E-state index contributed by atoms with van der Waals surface area (Å²) in [4.78, 5) is 4.75. The minimum absolute atomic E-state index is 0.264. The molecular formula is C20H14Cl2N4O2S2. The van der Waals surface area contributed by atoms with Crippen LogP contribution in [0.15, 0.2) is 46.9 Å². The number of benzene rings is 2. The summed E-state index contributed by atoms with van der Waals surface area (Å²) in [6.07, 6.45) is 0. The Morgan fingerprint density at radius 3 is 2.73 bits per heavy atom. The Kier molecular flexibility index (Phi) is 5.32. The van der Waals surface area contributed by atoms with Crippen molar-refractivity contribution in [3.8, 4) is 33.5 Å². The van der Waals surface area contributed by atoms with Crippen molar-refractivity contribution in [1.29, 1.82) is 0 Å². The third kappa shape index (κ3) is 3.76. The molecule has 30 heavy (non-hydrogen) atoms. The molecule has 4 aromatic rings. The maximum Gasteiger partial charge on any atom is 0.231 e. The fraction of sp³-hybridized carbons (Fsp3) is 0.150. The van der Waals surface area contributed by atoms with Gasteiger partial charge in [0.25, 0.3) is 0 Å². The van der Waals surface area contributed by atoms with Gasteiger partial charge in [-0.1, -0.05) is 35.0 Å². The topological polar surface area (TPSA) is 62.1 Å². The molecule has 0 spiro atoms. The number of fused-ring (bicyclic) bond motifs is 1. The SMILES string of the molecule is Cn1c(SCc2csc(-c3ccc4c(c3)OCO4)n2)nnc1-c1ccc(Cl)c(Cl)c1. The first-order valence-electron chi connectivity index (χ1n) is 8.90. The van der Waals surface area contributed by atoms with Gasteiger partial charge in [0.2, 0.25) is 6.79 Å². The van der Waals surface area contributed by atoms with Crippen molar-refractivity contribution in [3.63, 3.8) is 0 Å². The number of aromatic nitrogens is 4. The van der Waals surface area contributed by atoms with Crippen LogP contribution in [0.2, 0.25) is 10.0 Å². The number of hydrogen-bond acceptors (Lipinski definition) is 7. The van der Waals surface area contributed by atoms with E-state index in [1.807, 2.05) is 35.9 Å². The number of hydrogen-bond donors (Lipinski definition) is 0. The Balaban J connectivity index is 1.30. The molecule has 3 heterocycles. The van der Waals surface area contributed by atoms with Gasteiger partial charge >= 0.3 is 0 Å². The van der Waals surface area contributed by atoms with Crippen LogP contribution in [0.4, 0.5) is 0 Å². The predicted molar refractivity (Wildman–Crippen MR) is 120 cm³/mol. The van der Waals surface area contributed by atoms with Crippen LogP contribution in [-0.4, -0.2) is 26.5 Å². The second-order valence-electron chi connectivity index (χ2n) is 6.49. The summed E-state index contributed by atoms with van der Waals surface area (Å²) in [6, 6.07) is 11.3. The van der Waals surface area contributed by atoms with Crippen molar-refractivity contribution in [3.05, 3.63) is 57.5 Å². The molecule has 0 amide bonds. The van der Waals surface area contributed by atoms with Crippen molar-refractivity contribution in [2.45, 2.75) is 10.9 Å². The van der Waals surface area contributed by atoms with E-state index in [1.165, 1.54) is 0 Å². The van der Waals surface area contributed by atoms with E-state index in [0.717, 1.165) is 44.3 Å². The first-order valence-corrected chi connectivity index (χ1v) is 11.5. The lowest BCUT2D eigenvalue weighted by molar-refractivity contribution is 0.174. The summed E-state index contributed by atoms with van der Waals surface area (Å²) < 4.78 is 12.8. The molecule has 0 saturated heterocycles. The van der Waals surface area contributed by atoms with E-state index in [4.69, 9.17) is 37.7 Å². The molecule has 0 saturated carbocycles. The zero-order valence-corrected chi connectivity index (χ0v) is 18.8. The smallest absolute Gasteiger partial charge is 0.231 e. The van der Waals surface area contributed by atoms with Gasteiger partial charge in [0.15, 0.2) is 22.5 Å². The standard InChI is InChI=1S/C20H14Cl2N4O2S2/c1-26-18(11-2-4-14(21)15(22)6-11)24-25-20(26)30-9-13-8-29-19(23-13)12-3-5-16-17(7-12)28-10-27-16/h2-8H,9-10H2,1H3. The van der Waals surface area contributed by atoms with E-state index in [2.05, 4.69) is 15.6 Å². The van der Waals surface area contributed by atoms with E-state index in [1.54, 1.807) is 35.2 Å². The molecule has 2 aromatic heterocycles. The number of thiazole rings is 1. The van der Waals surface area contributed by atoms with Gasteiger partial charge < -0.3 is 14.0 Å². The highest BCUT2D eigenvalue weighted by Crippen LogP contribution is 2.37. The van der Waals surface area contributed by atoms with E-state index in [9.17, 15) is 0 Å². The van der Waals surface area contributed by atoms with Crippen molar-refractivity contribution < 1.29 is 9.47 Å². The monoisotopic (exact) mass is 476 g/mol. The average molecular weight is 477 g/mol. The number of ether oxygens (including phenoxy) is 2. The fourth-order valence-corrected chi connectivity index (χ4v) is 5.02. The number of halogens is 2. The van der Waals surface area contributed by atoms with Gasteiger partial charge in [0.1, 0.15) is 5.01 Å². The van der Waals surface area contributed by atoms with Gasteiger partial charge in [0, 0.05) is 29.3 Å². The molecule has 0 atom stereocenters. The maximum absolute atomic E-state index is 6.13. The summed E-state index contributed by atoms with van der Waals surface area (Å²) in [7, 11) is 1.93. The van der Waals surface area contributed by atoms with Crippen LogP contribution in [-0.2, 0) is 12.8 Å². The molecule has 0 unspecified atom stereocenters. The largest absolute Gasteiger partial charge is 0.454 e. The van der Waals surface area contributed by atoms with Gasteiger partial charge in [-0.2, -0.15) is 0 Å². The highest BCUT2D eigenvalue weighted by Gasteiger charge is 2.16. The Morgan fingerprint density at radius 2 is 1.87 bits per heavy atom. The molecule has 152 valence electrons. The molecule has 0 radical (unpaired) electrons. The second kappa shape index (κ2) is 8.11. The van der Waals surface area contributed by atoms with Crippen LogP contribution in [0.5, 0.6) is 11.5 Å². The summed E-state index contributed by atoms with van der Waals surface area (Å²) >= 11 is 15.3. The third-order valence-electron chi connectivity index (χ3n) is 4.53. The zero-order valence-electron chi connectivity index (χ0n) is 15.6. The Hall–Kier alpha value is -2.26. The second-order valence-corrected chi connectivity index (χ2v) is 9.11. The lowest BCUT2D eigenvalue weighted by Gasteiger charge is -2.04. The van der Waals surface area contributed by atoms with E-state index in [0.29, 0.717) is 15.8 Å². The summed E-state index contributed by atoms with van der Waals surface area (Å²) in [5.74, 6) is 2.95. The highest BCUT2D eigenvalue weighted by molar-refractivity contribution is 7.98. The molecule has 0 fully saturated rings. The quantitative estimate of drug-likeness (QED) is 0.332. The van der Waals surface area contributed by atoms with Gasteiger partial charge in [0.05, 0.1) is 15.7 Å². The molecule has 0 N–H and O–H groups in total. The normalized spacial score (nSPS) is 12.5. The Labute approximate surface area is 190 Å². The van der Waals surface area contributed by atoms with Crippen molar-refractivity contribution in [2.24, 2.45) is 7.05 Å². The summed E-state index contributed by atoms with van der Waals surface area (Å²) in [6.45, 7) is 0.264. The first kappa shape index (κ1) is 19.7. The van der Waals surface area contributed by atoms with Gasteiger partial charge in [-0.05, 0) is 36.4 Å². The predicted octanol–water partition coefficient (Wildman–Crippen LogP) is 5.93. The van der Waals surface area contributed by atoms with E-state index >= 15 is 0 Å². The van der Waals surface area contributed by atoms with Crippen LogP contribution in [0.3, 0.4) is 0 Å². The number of thioether (sulfide) groups is 1. The molecule has 0 aliphatic carbocycles. The molecule has 5 rings (SSSR count). The minimum Gasteiger partial charge on any atom is -0.454 e. The average Bonchev–Trinajstić information content (AvgIpc) is 3.48. The van der Waals surface area contributed by atoms with Crippen molar-refractivity contribution in [1.82, 2.24) is 19.7 Å². The highest BCUT2D eigenvalue weighted by atomic mass is 35.5. The van der Waals surface area contributed by atoms with Gasteiger partial charge in [-0.25, -0.2) is 4.98 Å². The molecule has 2 aromatic carbocycles. The molecule has 0 bridgehead atoms. The first-order chi connectivity index (χ1) is 14.6. The van der Waals surface area contributed by atoms with Crippen LogP contribution < -0.4 is 9.47 Å². The molecule has 6 nitrogen and oxygen atoms in total. The number of rotatable bonds is 5. The fourth-order valence-electron chi connectivity index (χ4n) is 3.00. The van der Waals surface area contributed by atoms with Gasteiger partial charge in [-0.3, -0.25) is 0 Å². The van der Waals surface area contributed by atoms with Crippen molar-refractivity contribution >= 4 is 46.3 Å².